The Morgan fingerprint density at radius 1 is 1.11 bits per heavy atom. The highest BCUT2D eigenvalue weighted by Gasteiger charge is 2.18. The number of hydrogen-bond acceptors (Lipinski definition) is 4. The SMILES string of the molecule is CC(C(=O)Nc1ccc(C#N)cc1)n1nc(-c2ccc(F)cc2)ccc1=O. The van der Waals surface area contributed by atoms with E-state index < -0.39 is 17.5 Å². The number of carbonyl (C=O) groups excluding carboxylic acids is 1. The highest BCUT2D eigenvalue weighted by molar-refractivity contribution is 5.93. The molecule has 0 fully saturated rings. The summed E-state index contributed by atoms with van der Waals surface area (Å²) in [5.41, 5.74) is 1.64. The van der Waals surface area contributed by atoms with Crippen LogP contribution in [0.2, 0.25) is 0 Å². The summed E-state index contributed by atoms with van der Waals surface area (Å²) in [5.74, 6) is -0.798. The van der Waals surface area contributed by atoms with E-state index in [2.05, 4.69) is 10.4 Å². The van der Waals surface area contributed by atoms with E-state index in [1.54, 1.807) is 43.3 Å². The van der Waals surface area contributed by atoms with Crippen molar-refractivity contribution in [2.75, 3.05) is 5.32 Å². The minimum atomic E-state index is -0.867. The molecule has 1 aromatic heterocycles. The zero-order valence-corrected chi connectivity index (χ0v) is 14.4. The lowest BCUT2D eigenvalue weighted by molar-refractivity contribution is -0.119. The maximum atomic E-state index is 13.1. The number of nitrogens with one attached hydrogen (secondary N) is 1. The number of amides is 1. The number of hydrogen-bond donors (Lipinski definition) is 1. The molecule has 6 nitrogen and oxygen atoms in total. The Balaban J connectivity index is 1.84. The molecule has 27 heavy (non-hydrogen) atoms. The van der Waals surface area contributed by atoms with Crippen LogP contribution in [-0.2, 0) is 4.79 Å². The van der Waals surface area contributed by atoms with Gasteiger partial charge in [-0.2, -0.15) is 10.4 Å². The van der Waals surface area contributed by atoms with Gasteiger partial charge in [0.05, 0.1) is 17.3 Å². The van der Waals surface area contributed by atoms with Gasteiger partial charge in [-0.25, -0.2) is 9.07 Å². The first-order chi connectivity index (χ1) is 13.0. The molecule has 1 unspecified atom stereocenters. The van der Waals surface area contributed by atoms with Crippen LogP contribution in [0.5, 0.6) is 0 Å². The Labute approximate surface area is 154 Å². The van der Waals surface area contributed by atoms with E-state index in [9.17, 15) is 14.0 Å². The van der Waals surface area contributed by atoms with Crippen molar-refractivity contribution in [1.82, 2.24) is 9.78 Å². The standard InChI is InChI=1S/C20H15FN4O2/c1-13(20(27)23-17-8-2-14(12-22)3-9-17)25-19(26)11-10-18(24-25)15-4-6-16(21)7-5-15/h2-11,13H,1H3,(H,23,27). The van der Waals surface area contributed by atoms with Gasteiger partial charge in [-0.3, -0.25) is 9.59 Å². The first-order valence-electron chi connectivity index (χ1n) is 8.15. The molecule has 3 rings (SSSR count). The molecule has 0 aliphatic carbocycles. The second kappa shape index (κ2) is 7.62. The van der Waals surface area contributed by atoms with Crippen LogP contribution in [0.25, 0.3) is 11.3 Å². The van der Waals surface area contributed by atoms with E-state index in [1.807, 2.05) is 6.07 Å². The highest BCUT2D eigenvalue weighted by atomic mass is 19.1. The van der Waals surface area contributed by atoms with Crippen molar-refractivity contribution in [2.45, 2.75) is 13.0 Å². The Morgan fingerprint density at radius 2 is 1.78 bits per heavy atom. The van der Waals surface area contributed by atoms with Gasteiger partial charge in [0, 0.05) is 17.3 Å². The maximum absolute atomic E-state index is 13.1. The zero-order valence-electron chi connectivity index (χ0n) is 14.4. The summed E-state index contributed by atoms with van der Waals surface area (Å²) in [4.78, 5) is 24.6. The van der Waals surface area contributed by atoms with Crippen molar-refractivity contribution in [3.8, 4) is 17.3 Å². The third kappa shape index (κ3) is 4.07. The molecule has 0 bridgehead atoms. The lowest BCUT2D eigenvalue weighted by atomic mass is 10.1. The number of anilines is 1. The molecule has 0 aliphatic heterocycles. The van der Waals surface area contributed by atoms with Gasteiger partial charge >= 0.3 is 0 Å². The highest BCUT2D eigenvalue weighted by Crippen LogP contribution is 2.17. The average molecular weight is 362 g/mol. The number of benzene rings is 2. The second-order valence-electron chi connectivity index (χ2n) is 5.86. The summed E-state index contributed by atoms with van der Waals surface area (Å²) >= 11 is 0. The third-order valence-electron chi connectivity index (χ3n) is 3.99. The van der Waals surface area contributed by atoms with Crippen molar-refractivity contribution in [3.05, 3.63) is 82.4 Å². The number of carbonyl (C=O) groups is 1. The number of nitrogens with zero attached hydrogens (tertiary/aromatic N) is 3. The molecule has 0 radical (unpaired) electrons. The van der Waals surface area contributed by atoms with Crippen molar-refractivity contribution < 1.29 is 9.18 Å². The first kappa shape index (κ1) is 18.0. The van der Waals surface area contributed by atoms with Crippen LogP contribution in [0.4, 0.5) is 10.1 Å². The zero-order chi connectivity index (χ0) is 19.4. The normalized spacial score (nSPS) is 11.4. The molecule has 3 aromatic rings. The van der Waals surface area contributed by atoms with Crippen LogP contribution in [0.3, 0.4) is 0 Å². The monoisotopic (exact) mass is 362 g/mol. The van der Waals surface area contributed by atoms with Crippen molar-refractivity contribution in [2.24, 2.45) is 0 Å². The maximum Gasteiger partial charge on any atom is 0.267 e. The summed E-state index contributed by atoms with van der Waals surface area (Å²) in [6, 6.07) is 16.0. The predicted molar refractivity (Wildman–Crippen MR) is 98.4 cm³/mol. The third-order valence-corrected chi connectivity index (χ3v) is 3.99. The Hall–Kier alpha value is -3.79. The summed E-state index contributed by atoms with van der Waals surface area (Å²) in [6.45, 7) is 1.56. The molecule has 1 heterocycles. The summed E-state index contributed by atoms with van der Waals surface area (Å²) in [7, 11) is 0. The minimum Gasteiger partial charge on any atom is -0.324 e. The van der Waals surface area contributed by atoms with Gasteiger partial charge in [0.1, 0.15) is 11.9 Å². The smallest absolute Gasteiger partial charge is 0.267 e. The van der Waals surface area contributed by atoms with E-state index >= 15 is 0 Å². The first-order valence-corrected chi connectivity index (χ1v) is 8.15. The predicted octanol–water partition coefficient (Wildman–Crippen LogP) is 3.12. The second-order valence-corrected chi connectivity index (χ2v) is 5.86. The van der Waals surface area contributed by atoms with Gasteiger partial charge < -0.3 is 5.32 Å². The van der Waals surface area contributed by atoms with Crippen molar-refractivity contribution >= 4 is 11.6 Å². The fourth-order valence-electron chi connectivity index (χ4n) is 2.46. The summed E-state index contributed by atoms with van der Waals surface area (Å²) < 4.78 is 14.2. The molecular weight excluding hydrogens is 347 g/mol. The van der Waals surface area contributed by atoms with E-state index in [1.165, 1.54) is 24.3 Å². The topological polar surface area (TPSA) is 87.8 Å². The van der Waals surface area contributed by atoms with Gasteiger partial charge in [-0.05, 0) is 61.5 Å². The molecule has 1 N–H and O–H groups in total. The largest absolute Gasteiger partial charge is 0.324 e. The minimum absolute atomic E-state index is 0.373. The molecule has 0 aliphatic rings. The summed E-state index contributed by atoms with van der Waals surface area (Å²) in [5, 5.41) is 15.7. The molecule has 0 saturated heterocycles. The van der Waals surface area contributed by atoms with E-state index in [0.29, 0.717) is 22.5 Å². The van der Waals surface area contributed by atoms with Crippen LogP contribution < -0.4 is 10.9 Å². The van der Waals surface area contributed by atoms with Gasteiger partial charge in [0.25, 0.3) is 5.56 Å². The number of halogens is 1. The van der Waals surface area contributed by atoms with Gasteiger partial charge in [-0.1, -0.05) is 0 Å². The van der Waals surface area contributed by atoms with Crippen LogP contribution in [0, 0.1) is 17.1 Å². The van der Waals surface area contributed by atoms with Crippen LogP contribution >= 0.6 is 0 Å². The van der Waals surface area contributed by atoms with Crippen LogP contribution in [-0.4, -0.2) is 15.7 Å². The van der Waals surface area contributed by atoms with Crippen LogP contribution in [0.15, 0.2) is 65.5 Å². The van der Waals surface area contributed by atoms with E-state index in [4.69, 9.17) is 5.26 Å². The average Bonchev–Trinajstić information content (AvgIpc) is 2.69. The molecule has 134 valence electrons. The lowest BCUT2D eigenvalue weighted by Gasteiger charge is -2.15. The molecule has 0 saturated carbocycles. The Morgan fingerprint density at radius 3 is 2.41 bits per heavy atom. The number of nitriles is 1. The summed E-state index contributed by atoms with van der Waals surface area (Å²) in [6.07, 6.45) is 0. The van der Waals surface area contributed by atoms with Crippen molar-refractivity contribution in [3.63, 3.8) is 0 Å². The van der Waals surface area contributed by atoms with Gasteiger partial charge in [-0.15, -0.1) is 0 Å². The van der Waals surface area contributed by atoms with E-state index in [0.717, 1.165) is 4.68 Å². The molecule has 1 amide bonds. The van der Waals surface area contributed by atoms with Crippen molar-refractivity contribution in [1.29, 1.82) is 5.26 Å². The quantitative estimate of drug-likeness (QED) is 0.772. The molecule has 2 aromatic carbocycles. The molecule has 7 heteroatoms. The van der Waals surface area contributed by atoms with Gasteiger partial charge in [0.2, 0.25) is 5.91 Å². The van der Waals surface area contributed by atoms with Crippen LogP contribution in [0.1, 0.15) is 18.5 Å². The molecular formula is C20H15FN4O2. The van der Waals surface area contributed by atoms with Gasteiger partial charge in [0.15, 0.2) is 0 Å². The fourth-order valence-corrected chi connectivity index (χ4v) is 2.46. The fraction of sp³-hybridized carbons (Fsp3) is 0.100. The molecule has 1 atom stereocenters. The number of rotatable bonds is 4. The lowest BCUT2D eigenvalue weighted by Crippen LogP contribution is -2.33. The Bertz CT molecular complexity index is 1070. The molecule has 0 spiro atoms. The van der Waals surface area contributed by atoms with E-state index in [-0.39, 0.29) is 5.82 Å². The Kier molecular flexibility index (Phi) is 5.08. The number of aromatic nitrogens is 2.